The number of nitrogens with one attached hydrogen (secondary N) is 1. The van der Waals surface area contributed by atoms with E-state index < -0.39 is 5.97 Å². The van der Waals surface area contributed by atoms with Crippen LogP contribution in [0.2, 0.25) is 0 Å². The number of esters is 1. The standard InChI is InChI=1S/C23H19BrN2O4/c1-15-6-9-17(10-7-15)23(28)30-20-11-8-16(12-21(20)29-2)14-25-26-22(27)18-4-3-5-19(24)13-18/h3-14H,1-2H3,(H,26,27). The third-order valence-electron chi connectivity index (χ3n) is 4.14. The highest BCUT2D eigenvalue weighted by atomic mass is 79.9. The first-order valence-corrected chi connectivity index (χ1v) is 9.81. The van der Waals surface area contributed by atoms with Crippen molar-refractivity contribution in [1.29, 1.82) is 0 Å². The van der Waals surface area contributed by atoms with Gasteiger partial charge in [-0.25, -0.2) is 10.2 Å². The SMILES string of the molecule is COc1cc(C=NNC(=O)c2cccc(Br)c2)ccc1OC(=O)c1ccc(C)cc1. The Morgan fingerprint density at radius 2 is 1.73 bits per heavy atom. The number of hydrogen-bond acceptors (Lipinski definition) is 5. The largest absolute Gasteiger partial charge is 0.493 e. The maximum absolute atomic E-state index is 12.3. The second-order valence-electron chi connectivity index (χ2n) is 6.38. The van der Waals surface area contributed by atoms with E-state index in [1.54, 1.807) is 48.5 Å². The van der Waals surface area contributed by atoms with Crippen molar-refractivity contribution in [3.63, 3.8) is 0 Å². The molecule has 30 heavy (non-hydrogen) atoms. The summed E-state index contributed by atoms with van der Waals surface area (Å²) in [5.74, 6) is -0.143. The minimum absolute atomic E-state index is 0.290. The van der Waals surface area contributed by atoms with Crippen LogP contribution in [0.25, 0.3) is 0 Å². The lowest BCUT2D eigenvalue weighted by atomic mass is 10.1. The van der Waals surface area contributed by atoms with Gasteiger partial charge in [-0.15, -0.1) is 0 Å². The molecule has 0 atom stereocenters. The van der Waals surface area contributed by atoms with Gasteiger partial charge in [-0.3, -0.25) is 4.79 Å². The van der Waals surface area contributed by atoms with Gasteiger partial charge in [0.25, 0.3) is 5.91 Å². The molecule has 1 amide bonds. The average Bonchev–Trinajstić information content (AvgIpc) is 2.75. The molecule has 3 rings (SSSR count). The molecule has 3 aromatic rings. The van der Waals surface area contributed by atoms with E-state index in [0.717, 1.165) is 10.0 Å². The molecule has 0 aliphatic carbocycles. The zero-order chi connectivity index (χ0) is 21.5. The monoisotopic (exact) mass is 466 g/mol. The molecule has 1 N–H and O–H groups in total. The summed E-state index contributed by atoms with van der Waals surface area (Å²) in [6, 6.07) is 19.1. The molecule has 0 spiro atoms. The number of aryl methyl sites for hydroxylation is 1. The minimum atomic E-state index is -0.476. The molecule has 3 aromatic carbocycles. The van der Waals surface area contributed by atoms with Crippen LogP contribution in [0.5, 0.6) is 11.5 Å². The molecule has 7 heteroatoms. The molecule has 0 heterocycles. The number of rotatable bonds is 6. The molecule has 0 unspecified atom stereocenters. The van der Waals surface area contributed by atoms with E-state index in [1.807, 2.05) is 25.1 Å². The van der Waals surface area contributed by atoms with Crippen LogP contribution in [0.15, 0.2) is 76.3 Å². The average molecular weight is 467 g/mol. The van der Waals surface area contributed by atoms with Gasteiger partial charge < -0.3 is 9.47 Å². The fraction of sp³-hybridized carbons (Fsp3) is 0.0870. The lowest BCUT2D eigenvalue weighted by molar-refractivity contribution is 0.0729. The Kier molecular flexibility index (Phi) is 6.98. The van der Waals surface area contributed by atoms with Gasteiger partial charge in [-0.05, 0) is 61.0 Å². The van der Waals surface area contributed by atoms with Crippen LogP contribution in [0, 0.1) is 6.92 Å². The van der Waals surface area contributed by atoms with Crippen molar-refractivity contribution < 1.29 is 19.1 Å². The third-order valence-corrected chi connectivity index (χ3v) is 4.64. The Bertz CT molecular complexity index is 1090. The summed E-state index contributed by atoms with van der Waals surface area (Å²) >= 11 is 3.32. The van der Waals surface area contributed by atoms with E-state index >= 15 is 0 Å². The molecular weight excluding hydrogens is 448 g/mol. The normalized spacial score (nSPS) is 10.6. The number of amides is 1. The molecule has 0 fully saturated rings. The second kappa shape index (κ2) is 9.84. The van der Waals surface area contributed by atoms with Crippen molar-refractivity contribution in [2.75, 3.05) is 7.11 Å². The lowest BCUT2D eigenvalue weighted by Crippen LogP contribution is -2.17. The fourth-order valence-electron chi connectivity index (χ4n) is 2.56. The summed E-state index contributed by atoms with van der Waals surface area (Å²) < 4.78 is 11.6. The van der Waals surface area contributed by atoms with Gasteiger partial charge in [0, 0.05) is 10.0 Å². The minimum Gasteiger partial charge on any atom is -0.493 e. The summed E-state index contributed by atoms with van der Waals surface area (Å²) in [6.07, 6.45) is 1.48. The molecule has 6 nitrogen and oxygen atoms in total. The molecule has 152 valence electrons. The first-order chi connectivity index (χ1) is 14.5. The predicted molar refractivity (Wildman–Crippen MR) is 118 cm³/mol. The Balaban J connectivity index is 1.67. The summed E-state index contributed by atoms with van der Waals surface area (Å²) in [6.45, 7) is 1.94. The van der Waals surface area contributed by atoms with Crippen molar-refractivity contribution in [2.45, 2.75) is 6.92 Å². The van der Waals surface area contributed by atoms with Crippen LogP contribution in [-0.4, -0.2) is 25.2 Å². The summed E-state index contributed by atoms with van der Waals surface area (Å²) in [5, 5.41) is 3.97. The van der Waals surface area contributed by atoms with Gasteiger partial charge in [-0.1, -0.05) is 39.7 Å². The van der Waals surface area contributed by atoms with Crippen LogP contribution in [0.4, 0.5) is 0 Å². The zero-order valence-corrected chi connectivity index (χ0v) is 18.0. The highest BCUT2D eigenvalue weighted by Gasteiger charge is 2.13. The molecule has 0 aliphatic rings. The van der Waals surface area contributed by atoms with E-state index in [-0.39, 0.29) is 5.91 Å². The van der Waals surface area contributed by atoms with Crippen molar-refractivity contribution in [2.24, 2.45) is 5.10 Å². The number of benzene rings is 3. The highest BCUT2D eigenvalue weighted by molar-refractivity contribution is 9.10. The first-order valence-electron chi connectivity index (χ1n) is 9.02. The maximum Gasteiger partial charge on any atom is 0.343 e. The van der Waals surface area contributed by atoms with Gasteiger partial charge >= 0.3 is 5.97 Å². The lowest BCUT2D eigenvalue weighted by Gasteiger charge is -2.10. The second-order valence-corrected chi connectivity index (χ2v) is 7.29. The third kappa shape index (κ3) is 5.55. The summed E-state index contributed by atoms with van der Waals surface area (Å²) in [4.78, 5) is 24.4. The summed E-state index contributed by atoms with van der Waals surface area (Å²) in [7, 11) is 1.48. The first kappa shape index (κ1) is 21.3. The Labute approximate surface area is 182 Å². The number of nitrogens with zero attached hydrogens (tertiary/aromatic N) is 1. The summed E-state index contributed by atoms with van der Waals surface area (Å²) in [5.41, 5.74) is 5.12. The number of hydrazone groups is 1. The quantitative estimate of drug-likeness (QED) is 0.246. The van der Waals surface area contributed by atoms with Crippen molar-refractivity contribution in [3.05, 3.63) is 93.5 Å². The molecule has 0 radical (unpaired) electrons. The maximum atomic E-state index is 12.3. The number of carbonyl (C=O) groups excluding carboxylic acids is 2. The molecule has 0 aromatic heterocycles. The fourth-order valence-corrected chi connectivity index (χ4v) is 2.96. The van der Waals surface area contributed by atoms with E-state index in [4.69, 9.17) is 9.47 Å². The van der Waals surface area contributed by atoms with Gasteiger partial charge in [0.05, 0.1) is 18.9 Å². The van der Waals surface area contributed by atoms with E-state index in [9.17, 15) is 9.59 Å². The number of methoxy groups -OCH3 is 1. The van der Waals surface area contributed by atoms with Crippen LogP contribution in [0.1, 0.15) is 31.8 Å². The zero-order valence-electron chi connectivity index (χ0n) is 16.4. The van der Waals surface area contributed by atoms with Crippen LogP contribution < -0.4 is 14.9 Å². The van der Waals surface area contributed by atoms with Gasteiger partial charge in [0.1, 0.15) is 0 Å². The Morgan fingerprint density at radius 1 is 0.967 bits per heavy atom. The van der Waals surface area contributed by atoms with E-state index in [1.165, 1.54) is 13.3 Å². The van der Waals surface area contributed by atoms with Crippen LogP contribution in [-0.2, 0) is 0 Å². The van der Waals surface area contributed by atoms with Crippen molar-refractivity contribution in [3.8, 4) is 11.5 Å². The molecule has 0 bridgehead atoms. The van der Waals surface area contributed by atoms with E-state index in [0.29, 0.717) is 28.2 Å². The van der Waals surface area contributed by atoms with Crippen molar-refractivity contribution >= 4 is 34.0 Å². The van der Waals surface area contributed by atoms with Crippen molar-refractivity contribution in [1.82, 2.24) is 5.43 Å². The molecule has 0 saturated carbocycles. The van der Waals surface area contributed by atoms with Crippen LogP contribution >= 0.6 is 15.9 Å². The van der Waals surface area contributed by atoms with Gasteiger partial charge in [0.15, 0.2) is 11.5 Å². The van der Waals surface area contributed by atoms with Crippen LogP contribution in [0.3, 0.4) is 0 Å². The number of carbonyl (C=O) groups is 2. The predicted octanol–water partition coefficient (Wildman–Crippen LogP) is 4.75. The number of ether oxygens (including phenoxy) is 2. The molecule has 0 aliphatic heterocycles. The molecule has 0 saturated heterocycles. The highest BCUT2D eigenvalue weighted by Crippen LogP contribution is 2.28. The van der Waals surface area contributed by atoms with Gasteiger partial charge in [-0.2, -0.15) is 5.10 Å². The van der Waals surface area contributed by atoms with Gasteiger partial charge in [0.2, 0.25) is 0 Å². The van der Waals surface area contributed by atoms with E-state index in [2.05, 4.69) is 26.5 Å². The number of hydrogen-bond donors (Lipinski definition) is 1. The smallest absolute Gasteiger partial charge is 0.343 e. The topological polar surface area (TPSA) is 77.0 Å². The Hall–Kier alpha value is -3.45. The number of halogens is 1. The molecular formula is C23H19BrN2O4. The Morgan fingerprint density at radius 3 is 2.43 bits per heavy atom.